The fraction of sp³-hybridized carbons (Fsp3) is 0.500. The number of carbonyl (C=O) groups excluding carboxylic acids is 1. The Hall–Kier alpha value is -1.46. The molecule has 1 aromatic rings. The van der Waals surface area contributed by atoms with Crippen molar-refractivity contribution in [1.29, 1.82) is 0 Å². The van der Waals surface area contributed by atoms with Crippen molar-refractivity contribution in [3.8, 4) is 0 Å². The van der Waals surface area contributed by atoms with E-state index in [9.17, 15) is 9.90 Å². The summed E-state index contributed by atoms with van der Waals surface area (Å²) in [4.78, 5) is 17.5. The number of amides is 1. The molecule has 0 bridgehead atoms. The predicted octanol–water partition coefficient (Wildman–Crippen LogP) is 0.469. The molecule has 94 valence electrons. The van der Waals surface area contributed by atoms with Gasteiger partial charge in [0.2, 0.25) is 0 Å². The second kappa shape index (κ2) is 6.32. The smallest absolute Gasteiger partial charge is 0.253 e. The van der Waals surface area contributed by atoms with Crippen LogP contribution in [0.3, 0.4) is 0 Å². The maximum absolute atomic E-state index is 12.0. The summed E-state index contributed by atoms with van der Waals surface area (Å²) in [7, 11) is 3.16. The highest BCUT2D eigenvalue weighted by Gasteiger charge is 2.15. The standard InChI is InChI=1S/C12H18N2O3/c1-9-6-10(4-5-13-9)12(16)14(2)7-11(15)8-17-3/h4-6,11,15H,7-8H2,1-3H3. The topological polar surface area (TPSA) is 62.7 Å². The summed E-state index contributed by atoms with van der Waals surface area (Å²) in [5.74, 6) is -0.134. The Morgan fingerprint density at radius 2 is 2.35 bits per heavy atom. The number of likely N-dealkylation sites (N-methyl/N-ethyl adjacent to an activating group) is 1. The van der Waals surface area contributed by atoms with Crippen LogP contribution in [0.15, 0.2) is 18.3 Å². The third-order valence-corrected chi connectivity index (χ3v) is 2.33. The van der Waals surface area contributed by atoms with Gasteiger partial charge in [-0.25, -0.2) is 0 Å². The van der Waals surface area contributed by atoms with Crippen LogP contribution in [0.1, 0.15) is 16.1 Å². The largest absolute Gasteiger partial charge is 0.389 e. The van der Waals surface area contributed by atoms with Gasteiger partial charge in [-0.3, -0.25) is 9.78 Å². The Balaban J connectivity index is 2.63. The van der Waals surface area contributed by atoms with Crippen molar-refractivity contribution >= 4 is 5.91 Å². The maximum Gasteiger partial charge on any atom is 0.253 e. The van der Waals surface area contributed by atoms with Crippen molar-refractivity contribution in [2.45, 2.75) is 13.0 Å². The fourth-order valence-electron chi connectivity index (χ4n) is 1.54. The van der Waals surface area contributed by atoms with Crippen LogP contribution in [-0.2, 0) is 4.74 Å². The summed E-state index contributed by atoms with van der Waals surface area (Å²) < 4.78 is 4.81. The molecule has 1 heterocycles. The molecule has 0 aliphatic carbocycles. The normalized spacial score (nSPS) is 12.2. The molecule has 0 aromatic carbocycles. The first-order valence-electron chi connectivity index (χ1n) is 5.39. The van der Waals surface area contributed by atoms with E-state index in [0.717, 1.165) is 5.69 Å². The number of aliphatic hydroxyl groups is 1. The lowest BCUT2D eigenvalue weighted by Crippen LogP contribution is -2.36. The van der Waals surface area contributed by atoms with Crippen LogP contribution in [0.25, 0.3) is 0 Å². The molecule has 5 nitrogen and oxygen atoms in total. The zero-order valence-corrected chi connectivity index (χ0v) is 10.4. The number of pyridine rings is 1. The molecule has 1 rings (SSSR count). The highest BCUT2D eigenvalue weighted by Crippen LogP contribution is 2.05. The number of aryl methyl sites for hydroxylation is 1. The van der Waals surface area contributed by atoms with Gasteiger partial charge in [0.05, 0.1) is 12.7 Å². The second-order valence-corrected chi connectivity index (χ2v) is 3.98. The lowest BCUT2D eigenvalue weighted by atomic mass is 10.2. The molecule has 0 saturated heterocycles. The molecule has 0 aliphatic rings. The molecule has 0 spiro atoms. The summed E-state index contributed by atoms with van der Waals surface area (Å²) >= 11 is 0. The van der Waals surface area contributed by atoms with E-state index in [-0.39, 0.29) is 19.1 Å². The second-order valence-electron chi connectivity index (χ2n) is 3.98. The van der Waals surface area contributed by atoms with Crippen molar-refractivity contribution in [3.63, 3.8) is 0 Å². The minimum Gasteiger partial charge on any atom is -0.389 e. The predicted molar refractivity (Wildman–Crippen MR) is 63.8 cm³/mol. The quantitative estimate of drug-likeness (QED) is 0.810. The molecular formula is C12H18N2O3. The van der Waals surface area contributed by atoms with Crippen LogP contribution in [-0.4, -0.2) is 54.3 Å². The van der Waals surface area contributed by atoms with E-state index in [4.69, 9.17) is 4.74 Å². The molecular weight excluding hydrogens is 220 g/mol. The first kappa shape index (κ1) is 13.6. The molecule has 0 aliphatic heterocycles. The maximum atomic E-state index is 12.0. The van der Waals surface area contributed by atoms with Gasteiger partial charge in [-0.1, -0.05) is 0 Å². The molecule has 1 atom stereocenters. The summed E-state index contributed by atoms with van der Waals surface area (Å²) in [5.41, 5.74) is 1.37. The number of aliphatic hydroxyl groups excluding tert-OH is 1. The van der Waals surface area contributed by atoms with Crippen molar-refractivity contribution < 1.29 is 14.6 Å². The van der Waals surface area contributed by atoms with Crippen molar-refractivity contribution in [3.05, 3.63) is 29.6 Å². The van der Waals surface area contributed by atoms with Gasteiger partial charge in [0.15, 0.2) is 0 Å². The van der Waals surface area contributed by atoms with E-state index in [2.05, 4.69) is 4.98 Å². The monoisotopic (exact) mass is 238 g/mol. The number of nitrogens with zero attached hydrogens (tertiary/aromatic N) is 2. The van der Waals surface area contributed by atoms with Crippen LogP contribution in [0, 0.1) is 6.92 Å². The fourth-order valence-corrected chi connectivity index (χ4v) is 1.54. The third-order valence-electron chi connectivity index (χ3n) is 2.33. The first-order chi connectivity index (χ1) is 8.04. The molecule has 0 fully saturated rings. The highest BCUT2D eigenvalue weighted by atomic mass is 16.5. The van der Waals surface area contributed by atoms with Crippen molar-refractivity contribution in [1.82, 2.24) is 9.88 Å². The summed E-state index contributed by atoms with van der Waals surface area (Å²) in [6, 6.07) is 3.38. The number of hydrogen-bond acceptors (Lipinski definition) is 4. The van der Waals surface area contributed by atoms with Crippen molar-refractivity contribution in [2.24, 2.45) is 0 Å². The van der Waals surface area contributed by atoms with E-state index in [0.29, 0.717) is 5.56 Å². The van der Waals surface area contributed by atoms with Gasteiger partial charge in [-0.15, -0.1) is 0 Å². The molecule has 1 aromatic heterocycles. The Labute approximate surface area is 101 Å². The number of hydrogen-bond donors (Lipinski definition) is 1. The van der Waals surface area contributed by atoms with Gasteiger partial charge in [0.1, 0.15) is 0 Å². The summed E-state index contributed by atoms with van der Waals surface area (Å²) in [6.45, 7) is 2.29. The van der Waals surface area contributed by atoms with Gasteiger partial charge in [-0.05, 0) is 19.1 Å². The average molecular weight is 238 g/mol. The lowest BCUT2D eigenvalue weighted by molar-refractivity contribution is 0.0380. The molecule has 0 radical (unpaired) electrons. The van der Waals surface area contributed by atoms with Crippen LogP contribution in [0.5, 0.6) is 0 Å². The van der Waals surface area contributed by atoms with Gasteiger partial charge >= 0.3 is 0 Å². The minimum absolute atomic E-state index is 0.134. The number of methoxy groups -OCH3 is 1. The number of aromatic nitrogens is 1. The van der Waals surface area contributed by atoms with Crippen molar-refractivity contribution in [2.75, 3.05) is 27.3 Å². The SMILES string of the molecule is COCC(O)CN(C)C(=O)c1ccnc(C)c1. The highest BCUT2D eigenvalue weighted by molar-refractivity contribution is 5.94. The number of rotatable bonds is 5. The van der Waals surface area contributed by atoms with Crippen LogP contribution < -0.4 is 0 Å². The first-order valence-corrected chi connectivity index (χ1v) is 5.39. The zero-order chi connectivity index (χ0) is 12.8. The molecule has 1 unspecified atom stereocenters. The number of ether oxygens (including phenoxy) is 1. The number of carbonyl (C=O) groups is 1. The Morgan fingerprint density at radius 3 is 2.94 bits per heavy atom. The molecule has 1 N–H and O–H groups in total. The van der Waals surface area contributed by atoms with Crippen LogP contribution in [0.4, 0.5) is 0 Å². The van der Waals surface area contributed by atoms with Gasteiger partial charge in [-0.2, -0.15) is 0 Å². The third kappa shape index (κ3) is 4.13. The van der Waals surface area contributed by atoms with Gasteiger partial charge in [0, 0.05) is 38.2 Å². The Morgan fingerprint density at radius 1 is 1.65 bits per heavy atom. The van der Waals surface area contributed by atoms with E-state index in [1.807, 2.05) is 6.92 Å². The molecule has 0 saturated carbocycles. The molecule has 17 heavy (non-hydrogen) atoms. The lowest BCUT2D eigenvalue weighted by Gasteiger charge is -2.20. The van der Waals surface area contributed by atoms with E-state index in [1.54, 1.807) is 25.4 Å². The van der Waals surface area contributed by atoms with Gasteiger partial charge in [0.25, 0.3) is 5.91 Å². The van der Waals surface area contributed by atoms with Crippen LogP contribution >= 0.6 is 0 Å². The van der Waals surface area contributed by atoms with E-state index in [1.165, 1.54) is 12.0 Å². The molecule has 5 heteroatoms. The average Bonchev–Trinajstić information content (AvgIpc) is 2.28. The summed E-state index contributed by atoms with van der Waals surface area (Å²) in [6.07, 6.45) is 0.930. The van der Waals surface area contributed by atoms with Crippen LogP contribution in [0.2, 0.25) is 0 Å². The minimum atomic E-state index is -0.670. The summed E-state index contributed by atoms with van der Waals surface area (Å²) in [5, 5.41) is 9.54. The van der Waals surface area contributed by atoms with Gasteiger partial charge < -0.3 is 14.7 Å². The van der Waals surface area contributed by atoms with E-state index >= 15 is 0 Å². The molecule has 1 amide bonds. The van der Waals surface area contributed by atoms with E-state index < -0.39 is 6.10 Å². The zero-order valence-electron chi connectivity index (χ0n) is 10.4. The Bertz CT molecular complexity index is 382. The Kier molecular flexibility index (Phi) is 5.06.